The van der Waals surface area contributed by atoms with Crippen molar-refractivity contribution in [3.05, 3.63) is 70.9 Å². The third kappa shape index (κ3) is 2.62. The topological polar surface area (TPSA) is 155 Å². The van der Waals surface area contributed by atoms with E-state index in [0.29, 0.717) is 28.1 Å². The first-order chi connectivity index (χ1) is 17.4. The maximum Gasteiger partial charge on any atom is 0.259 e. The molecule has 3 aromatic rings. The highest BCUT2D eigenvalue weighted by molar-refractivity contribution is 6.38. The van der Waals surface area contributed by atoms with Crippen LogP contribution in [0.15, 0.2) is 54.1 Å². The second-order valence-corrected chi connectivity index (χ2v) is 9.64. The zero-order valence-corrected chi connectivity index (χ0v) is 18.8. The van der Waals surface area contributed by atoms with E-state index in [-0.39, 0.29) is 0 Å². The Morgan fingerprint density at radius 3 is 2.47 bits per heavy atom. The van der Waals surface area contributed by atoms with Gasteiger partial charge in [-0.25, -0.2) is 0 Å². The molecule has 7 atom stereocenters. The summed E-state index contributed by atoms with van der Waals surface area (Å²) in [5, 5.41) is 45.0. The highest BCUT2D eigenvalue weighted by Crippen LogP contribution is 2.60. The van der Waals surface area contributed by atoms with Gasteiger partial charge in [0, 0.05) is 39.3 Å². The number of nitrogens with one attached hydrogen (secondary N) is 2. The van der Waals surface area contributed by atoms with Gasteiger partial charge in [0.05, 0.1) is 18.2 Å². The van der Waals surface area contributed by atoms with E-state index in [0.717, 1.165) is 16.5 Å². The van der Waals surface area contributed by atoms with Gasteiger partial charge in [-0.15, -0.1) is 0 Å². The Bertz CT molecular complexity index is 1480. The van der Waals surface area contributed by atoms with Gasteiger partial charge >= 0.3 is 0 Å². The molecule has 2 amide bonds. The summed E-state index contributed by atoms with van der Waals surface area (Å²) >= 11 is 0. The molecule has 1 aromatic heterocycles. The van der Waals surface area contributed by atoms with Gasteiger partial charge in [-0.1, -0.05) is 36.4 Å². The molecule has 0 bridgehead atoms. The van der Waals surface area contributed by atoms with Crippen molar-refractivity contribution >= 4 is 34.0 Å². The molecule has 2 aromatic carbocycles. The van der Waals surface area contributed by atoms with Crippen molar-refractivity contribution in [3.63, 3.8) is 0 Å². The number of aromatic nitrogens is 1. The summed E-state index contributed by atoms with van der Waals surface area (Å²) in [6, 6.07) is 14.2. The maximum absolute atomic E-state index is 13.2. The quantitative estimate of drug-likeness (QED) is 0.276. The smallest absolute Gasteiger partial charge is 0.259 e. The van der Waals surface area contributed by atoms with E-state index in [1.54, 1.807) is 4.90 Å². The van der Waals surface area contributed by atoms with Crippen LogP contribution in [0.5, 0.6) is 0 Å². The van der Waals surface area contributed by atoms with Crippen LogP contribution in [0.1, 0.15) is 28.8 Å². The van der Waals surface area contributed by atoms with Crippen LogP contribution in [0, 0.1) is 0 Å². The lowest BCUT2D eigenvalue weighted by Crippen LogP contribution is -2.63. The van der Waals surface area contributed by atoms with Gasteiger partial charge in [0.15, 0.2) is 6.23 Å². The fourth-order valence-electron chi connectivity index (χ4n) is 6.36. The van der Waals surface area contributed by atoms with Crippen molar-refractivity contribution in [1.82, 2.24) is 10.3 Å². The van der Waals surface area contributed by atoms with Crippen LogP contribution >= 0.6 is 0 Å². The molecule has 3 unspecified atom stereocenters. The molecule has 1 aliphatic carbocycles. The number of fused-ring (bicyclic) bond motifs is 9. The molecular formula is C26H23N3O7. The standard InChI is InChI=1S/C26H23N3O7/c30-9-14-21(31)22(32)23(33)26(36-14)29-13-8-4-2-6-11(13)16-18-17(24(34)28-25(18)35)15-10-5-1-3-7-12(10)27-19(15)20(16)29/h1-8,14,16,20-23,26-27,30-33H,9H2,(H,28,34,35)/t14-,16?,20?,21-,22+,23-,26?/m1/s1. The zero-order chi connectivity index (χ0) is 24.9. The Morgan fingerprint density at radius 1 is 0.917 bits per heavy atom. The summed E-state index contributed by atoms with van der Waals surface area (Å²) in [6.45, 7) is -0.561. The van der Waals surface area contributed by atoms with Gasteiger partial charge < -0.3 is 35.0 Å². The maximum atomic E-state index is 13.2. The molecule has 1 saturated heterocycles. The summed E-state index contributed by atoms with van der Waals surface area (Å²) in [4.78, 5) is 31.4. The van der Waals surface area contributed by atoms with Crippen molar-refractivity contribution in [2.24, 2.45) is 0 Å². The molecular weight excluding hydrogens is 466 g/mol. The van der Waals surface area contributed by atoms with Gasteiger partial charge in [-0.3, -0.25) is 14.9 Å². The van der Waals surface area contributed by atoms with Gasteiger partial charge in [0.25, 0.3) is 11.8 Å². The van der Waals surface area contributed by atoms with Crippen molar-refractivity contribution in [2.75, 3.05) is 11.5 Å². The fraction of sp³-hybridized carbons (Fsp3) is 0.308. The Morgan fingerprint density at radius 2 is 1.67 bits per heavy atom. The number of para-hydroxylation sites is 2. The molecule has 0 radical (unpaired) electrons. The molecule has 7 rings (SSSR count). The second-order valence-electron chi connectivity index (χ2n) is 9.64. The van der Waals surface area contributed by atoms with Crippen molar-refractivity contribution in [2.45, 2.75) is 42.6 Å². The number of aliphatic hydroxyl groups excluding tert-OH is 4. The van der Waals surface area contributed by atoms with E-state index in [2.05, 4.69) is 10.3 Å². The highest BCUT2D eigenvalue weighted by Gasteiger charge is 2.57. The lowest BCUT2D eigenvalue weighted by Gasteiger charge is -2.47. The van der Waals surface area contributed by atoms with Crippen molar-refractivity contribution < 1.29 is 34.8 Å². The number of aromatic amines is 1. The van der Waals surface area contributed by atoms with Crippen LogP contribution < -0.4 is 10.2 Å². The molecule has 0 spiro atoms. The number of hydrogen-bond donors (Lipinski definition) is 6. The number of carbonyl (C=O) groups excluding carboxylic acids is 2. The number of imide groups is 1. The summed E-state index contributed by atoms with van der Waals surface area (Å²) in [6.07, 6.45) is -6.84. The van der Waals surface area contributed by atoms with Crippen LogP contribution in [-0.4, -0.2) is 74.5 Å². The minimum absolute atomic E-state index is 0.333. The van der Waals surface area contributed by atoms with E-state index in [9.17, 15) is 30.0 Å². The van der Waals surface area contributed by atoms with Gasteiger partial charge in [-0.05, 0) is 17.7 Å². The van der Waals surface area contributed by atoms with Crippen LogP contribution in [0.25, 0.3) is 16.5 Å². The molecule has 4 heterocycles. The van der Waals surface area contributed by atoms with E-state index in [1.807, 2.05) is 48.5 Å². The average molecular weight is 489 g/mol. The fourth-order valence-corrected chi connectivity index (χ4v) is 6.36. The summed E-state index contributed by atoms with van der Waals surface area (Å²) in [5.74, 6) is -1.48. The number of carbonyl (C=O) groups is 2. The molecule has 10 nitrogen and oxygen atoms in total. The van der Waals surface area contributed by atoms with Crippen LogP contribution in [0.4, 0.5) is 5.69 Å². The first-order valence-corrected chi connectivity index (χ1v) is 11.8. The van der Waals surface area contributed by atoms with E-state index >= 15 is 0 Å². The number of aliphatic hydroxyl groups is 4. The lowest BCUT2D eigenvalue weighted by atomic mass is 9.76. The van der Waals surface area contributed by atoms with Crippen molar-refractivity contribution in [1.29, 1.82) is 0 Å². The van der Waals surface area contributed by atoms with E-state index in [4.69, 9.17) is 4.74 Å². The number of hydrogen-bond acceptors (Lipinski definition) is 8. The largest absolute Gasteiger partial charge is 0.394 e. The summed E-state index contributed by atoms with van der Waals surface area (Å²) in [7, 11) is 0. The SMILES string of the molecule is O=C1NC(=O)C2=C1c1c([nH]c3ccccc13)C1C2c2ccccc2N1C1O[C@H](CO)[C@@H](O)[C@H](O)[C@H]1O. The Kier molecular flexibility index (Phi) is 4.51. The predicted octanol–water partition coefficient (Wildman–Crippen LogP) is 0.0363. The van der Waals surface area contributed by atoms with Gasteiger partial charge in [-0.2, -0.15) is 0 Å². The van der Waals surface area contributed by atoms with Crippen LogP contribution in [0.3, 0.4) is 0 Å². The first kappa shape index (κ1) is 21.7. The van der Waals surface area contributed by atoms with E-state index in [1.165, 1.54) is 0 Å². The van der Waals surface area contributed by atoms with Crippen molar-refractivity contribution in [3.8, 4) is 0 Å². The molecule has 4 aliphatic rings. The second kappa shape index (κ2) is 7.48. The number of amides is 2. The van der Waals surface area contributed by atoms with Gasteiger partial charge in [0.1, 0.15) is 24.4 Å². The highest BCUT2D eigenvalue weighted by atomic mass is 16.6. The third-order valence-electron chi connectivity index (χ3n) is 7.87. The molecule has 36 heavy (non-hydrogen) atoms. The third-order valence-corrected chi connectivity index (χ3v) is 7.87. The predicted molar refractivity (Wildman–Crippen MR) is 127 cm³/mol. The number of rotatable bonds is 2. The number of ether oxygens (including phenoxy) is 1. The summed E-state index contributed by atoms with van der Waals surface area (Å²) in [5.41, 5.74) is 4.18. The number of benzene rings is 2. The minimum atomic E-state index is -1.57. The van der Waals surface area contributed by atoms with Crippen LogP contribution in [0.2, 0.25) is 0 Å². The molecule has 10 heteroatoms. The lowest BCUT2D eigenvalue weighted by molar-refractivity contribution is -0.230. The normalized spacial score (nSPS) is 32.9. The number of H-pyrrole nitrogens is 1. The monoisotopic (exact) mass is 489 g/mol. The molecule has 0 saturated carbocycles. The Hall–Kier alpha value is -3.54. The minimum Gasteiger partial charge on any atom is -0.394 e. The summed E-state index contributed by atoms with van der Waals surface area (Å²) < 4.78 is 5.99. The average Bonchev–Trinajstić information content (AvgIpc) is 3.52. The first-order valence-electron chi connectivity index (χ1n) is 11.8. The van der Waals surface area contributed by atoms with Gasteiger partial charge in [0.2, 0.25) is 0 Å². The molecule has 3 aliphatic heterocycles. The number of nitrogens with zero attached hydrogens (tertiary/aromatic N) is 1. The molecule has 1 fully saturated rings. The van der Waals surface area contributed by atoms with E-state index < -0.39 is 61.0 Å². The zero-order valence-electron chi connectivity index (χ0n) is 18.8. The Labute approximate surface area is 204 Å². The number of anilines is 1. The molecule has 6 N–H and O–H groups in total. The van der Waals surface area contributed by atoms with Crippen LogP contribution in [-0.2, 0) is 14.3 Å². The molecule has 184 valence electrons. The Balaban J connectivity index is 1.50.